The lowest BCUT2D eigenvalue weighted by molar-refractivity contribution is -0.155. The Hall–Kier alpha value is -1.40. The second-order valence-corrected chi connectivity index (χ2v) is 23.1. The molecule has 0 aliphatic carbocycles. The normalized spacial score (nSPS) is 15.3. The molecule has 0 aromatic rings. The first-order valence-electron chi connectivity index (χ1n) is 32.3. The number of carbonyl (C=O) groups is 2. The van der Waals surface area contributed by atoms with E-state index in [0.717, 1.165) is 19.3 Å². The largest absolute Gasteiger partial charge is 0.465 e. The maximum absolute atomic E-state index is 12.5. The molecule has 0 aromatic heterocycles. The Kier molecular flexibility index (Phi) is 52.2. The van der Waals surface area contributed by atoms with E-state index in [1.54, 1.807) is 0 Å². The monoisotopic (exact) mass is 1000 g/mol. The zero-order valence-corrected chi connectivity index (χ0v) is 47.8. The molecule has 2 N–H and O–H groups in total. The molecule has 1 atom stereocenters. The van der Waals surface area contributed by atoms with Crippen molar-refractivity contribution in [3.63, 3.8) is 0 Å². The molecule has 1 aliphatic heterocycles. The summed E-state index contributed by atoms with van der Waals surface area (Å²) in [5, 5.41) is 19.2. The number of unbranched alkanes of at least 4 members (excludes halogenated alkanes) is 50. The number of esters is 2. The van der Waals surface area contributed by atoms with Crippen LogP contribution in [0.5, 0.6) is 0 Å². The van der Waals surface area contributed by atoms with Gasteiger partial charge >= 0.3 is 11.9 Å². The van der Waals surface area contributed by atoms with Crippen molar-refractivity contribution in [2.45, 2.75) is 354 Å². The van der Waals surface area contributed by atoms with Gasteiger partial charge in [0.05, 0.1) is 31.0 Å². The summed E-state index contributed by atoms with van der Waals surface area (Å²) in [5.41, 5.74) is -1.13. The van der Waals surface area contributed by atoms with Crippen LogP contribution >= 0.6 is 0 Å². The lowest BCUT2D eigenvalue weighted by atomic mass is 9.92. The number of carbonyl (C=O) groups excluding carboxylic acids is 2. The highest BCUT2D eigenvalue weighted by molar-refractivity contribution is 5.80. The molecule has 0 amide bonds. The quantitative estimate of drug-likeness (QED) is 0.0358. The Morgan fingerprint density at radius 2 is 0.606 bits per heavy atom. The predicted octanol–water partition coefficient (Wildman–Crippen LogP) is 20.3. The molecule has 1 unspecified atom stereocenters. The Bertz CT molecular complexity index is 1120. The van der Waals surface area contributed by atoms with Crippen LogP contribution in [0.3, 0.4) is 0 Å². The highest BCUT2D eigenvalue weighted by Gasteiger charge is 2.36. The molecule has 71 heavy (non-hydrogen) atoms. The molecule has 0 spiro atoms. The van der Waals surface area contributed by atoms with Crippen molar-refractivity contribution in [2.75, 3.05) is 26.4 Å². The van der Waals surface area contributed by atoms with Crippen LogP contribution in [0.25, 0.3) is 0 Å². The van der Waals surface area contributed by atoms with Crippen molar-refractivity contribution in [3.8, 4) is 0 Å². The molecule has 6 nitrogen and oxygen atoms in total. The van der Waals surface area contributed by atoms with Crippen molar-refractivity contribution in [2.24, 2.45) is 11.3 Å². The number of hydrogen-bond donors (Lipinski definition) is 2. The minimum atomic E-state index is -1.13. The van der Waals surface area contributed by atoms with Crippen molar-refractivity contribution in [1.29, 1.82) is 0 Å². The fraction of sp³-hybridized carbons (Fsp3) is 0.938. The number of rotatable bonds is 56. The highest BCUT2D eigenvalue weighted by Crippen LogP contribution is 2.25. The fourth-order valence-corrected chi connectivity index (χ4v) is 10.8. The van der Waals surface area contributed by atoms with Crippen molar-refractivity contribution in [3.05, 3.63) is 12.2 Å². The zero-order valence-electron chi connectivity index (χ0n) is 47.8. The second kappa shape index (κ2) is 54.8. The van der Waals surface area contributed by atoms with E-state index in [9.17, 15) is 19.8 Å². The molecule has 0 bridgehead atoms. The minimum absolute atomic E-state index is 0.0185. The number of cyclic esters (lactones) is 2. The summed E-state index contributed by atoms with van der Waals surface area (Å²) in [6.45, 7) is 1.17. The lowest BCUT2D eigenvalue weighted by Gasteiger charge is -2.27. The van der Waals surface area contributed by atoms with E-state index in [4.69, 9.17) is 9.47 Å². The van der Waals surface area contributed by atoms with Gasteiger partial charge in [0, 0.05) is 0 Å². The maximum atomic E-state index is 12.5. The average Bonchev–Trinajstić information content (AvgIpc) is 3.44. The number of aliphatic hydroxyl groups is 2. The first-order valence-corrected chi connectivity index (χ1v) is 32.3. The highest BCUT2D eigenvalue weighted by atomic mass is 16.6. The molecule has 0 radical (unpaired) electrons. The molecule has 0 saturated carbocycles. The third-order valence-corrected chi connectivity index (χ3v) is 16.0. The van der Waals surface area contributed by atoms with Crippen molar-refractivity contribution < 1.29 is 29.3 Å². The predicted molar refractivity (Wildman–Crippen MR) is 306 cm³/mol. The van der Waals surface area contributed by atoms with E-state index in [-0.39, 0.29) is 19.6 Å². The molecular formula is C65H124O6. The fourth-order valence-electron chi connectivity index (χ4n) is 10.8. The topological polar surface area (TPSA) is 93.1 Å². The van der Waals surface area contributed by atoms with E-state index in [1.807, 2.05) is 0 Å². The standard InChI is InChI=1S/C65H124O6/c1-2-3-4-5-6-7-8-9-10-11-12-13-14-15-16-17-18-19-20-21-22-23-24-25-26-27-28-29-30-31-32-33-34-35-36-37-38-39-40-41-42-43-44-45-46-47-48-49-50-51-52-53-54-55-56-62-57-63(68)70-60-65(58-66,59-67)61-71-64(62)69/h52-53,62,66-67H,2-51,54-61H2,1H3/b53-52+. The van der Waals surface area contributed by atoms with Gasteiger partial charge in [0.1, 0.15) is 13.2 Å². The van der Waals surface area contributed by atoms with Crippen LogP contribution in [0, 0.1) is 11.3 Å². The van der Waals surface area contributed by atoms with Crippen LogP contribution in [0.15, 0.2) is 12.2 Å². The van der Waals surface area contributed by atoms with Gasteiger partial charge in [-0.05, 0) is 32.1 Å². The Morgan fingerprint density at radius 1 is 0.366 bits per heavy atom. The third kappa shape index (κ3) is 46.8. The average molecular weight is 1000 g/mol. The summed E-state index contributed by atoms with van der Waals surface area (Å²) < 4.78 is 10.6. The van der Waals surface area contributed by atoms with Gasteiger partial charge in [0.15, 0.2) is 0 Å². The molecule has 420 valence electrons. The van der Waals surface area contributed by atoms with Gasteiger partial charge in [-0.15, -0.1) is 0 Å². The van der Waals surface area contributed by atoms with E-state index >= 15 is 0 Å². The van der Waals surface area contributed by atoms with Gasteiger partial charge < -0.3 is 19.7 Å². The molecule has 1 saturated heterocycles. The Labute approximate surface area is 443 Å². The SMILES string of the molecule is CCCCCCCCCCCCCCCCCCCCCCCCCCCCCCCCCCCCCCCCCCCCCCCCCCC/C=C/CCCC1CC(=O)OCC(CO)(CO)COC1=O. The summed E-state index contributed by atoms with van der Waals surface area (Å²) in [6.07, 6.45) is 78.9. The Morgan fingerprint density at radius 3 is 0.873 bits per heavy atom. The summed E-state index contributed by atoms with van der Waals surface area (Å²) in [7, 11) is 0. The van der Waals surface area contributed by atoms with Crippen LogP contribution in [0.1, 0.15) is 354 Å². The second-order valence-electron chi connectivity index (χ2n) is 23.1. The van der Waals surface area contributed by atoms with Gasteiger partial charge in [-0.1, -0.05) is 327 Å². The molecular weight excluding hydrogens is 877 g/mol. The van der Waals surface area contributed by atoms with Gasteiger partial charge in [0.2, 0.25) is 0 Å². The molecule has 1 fully saturated rings. The zero-order chi connectivity index (χ0) is 51.1. The molecule has 1 heterocycles. The molecule has 1 rings (SSSR count). The maximum Gasteiger partial charge on any atom is 0.309 e. The van der Waals surface area contributed by atoms with Crippen LogP contribution in [-0.2, 0) is 19.1 Å². The number of hydrogen-bond acceptors (Lipinski definition) is 6. The summed E-state index contributed by atoms with van der Waals surface area (Å²) in [6, 6.07) is 0. The number of ether oxygens (including phenoxy) is 2. The number of aliphatic hydroxyl groups excluding tert-OH is 2. The van der Waals surface area contributed by atoms with E-state index in [0.29, 0.717) is 6.42 Å². The van der Waals surface area contributed by atoms with Crippen molar-refractivity contribution in [1.82, 2.24) is 0 Å². The lowest BCUT2D eigenvalue weighted by Crippen LogP contribution is -2.40. The molecule has 6 heteroatoms. The van der Waals surface area contributed by atoms with E-state index in [2.05, 4.69) is 19.1 Å². The third-order valence-electron chi connectivity index (χ3n) is 16.0. The smallest absolute Gasteiger partial charge is 0.309 e. The van der Waals surface area contributed by atoms with Gasteiger partial charge in [0.25, 0.3) is 0 Å². The summed E-state index contributed by atoms with van der Waals surface area (Å²) in [4.78, 5) is 24.7. The van der Waals surface area contributed by atoms with Crippen LogP contribution in [0.4, 0.5) is 0 Å². The minimum Gasteiger partial charge on any atom is -0.465 e. The van der Waals surface area contributed by atoms with Crippen molar-refractivity contribution >= 4 is 11.9 Å². The molecule has 0 aromatic carbocycles. The summed E-state index contributed by atoms with van der Waals surface area (Å²) in [5.74, 6) is -1.47. The van der Waals surface area contributed by atoms with Gasteiger partial charge in [-0.2, -0.15) is 0 Å². The van der Waals surface area contributed by atoms with Crippen LogP contribution < -0.4 is 0 Å². The van der Waals surface area contributed by atoms with Gasteiger partial charge in [-0.25, -0.2) is 0 Å². The van der Waals surface area contributed by atoms with Gasteiger partial charge in [-0.3, -0.25) is 9.59 Å². The van der Waals surface area contributed by atoms with E-state index < -0.39 is 36.5 Å². The van der Waals surface area contributed by atoms with E-state index in [1.165, 1.54) is 315 Å². The van der Waals surface area contributed by atoms with Crippen LogP contribution in [0.2, 0.25) is 0 Å². The summed E-state index contributed by atoms with van der Waals surface area (Å²) >= 11 is 0. The first kappa shape index (κ1) is 67.6. The first-order chi connectivity index (χ1) is 35.1. The Balaban J connectivity index is 1.68. The van der Waals surface area contributed by atoms with Crippen LogP contribution in [-0.4, -0.2) is 48.6 Å². The molecule has 1 aliphatic rings. The number of allylic oxidation sites excluding steroid dienone is 2.